The monoisotopic (exact) mass is 240 g/mol. The molecule has 0 aromatic carbocycles. The molecule has 0 aromatic heterocycles. The van der Waals surface area contributed by atoms with Gasteiger partial charge in [0.1, 0.15) is 0 Å². The van der Waals surface area contributed by atoms with Gasteiger partial charge < -0.3 is 8.85 Å². The first kappa shape index (κ1) is 11.6. The van der Waals surface area contributed by atoms with Crippen molar-refractivity contribution in [2.24, 2.45) is 0 Å². The Morgan fingerprint density at radius 3 is 2.36 bits per heavy atom. The van der Waals surface area contributed by atoms with Crippen molar-refractivity contribution in [3.8, 4) is 0 Å². The summed E-state index contributed by atoms with van der Waals surface area (Å²) < 4.78 is 10.8. The first-order valence-corrected chi connectivity index (χ1v) is 7.81. The van der Waals surface area contributed by atoms with Crippen LogP contribution in [0.2, 0.25) is 13.1 Å². The van der Waals surface area contributed by atoms with Crippen molar-refractivity contribution >= 4 is 24.5 Å². The van der Waals surface area contributed by atoms with Crippen molar-refractivity contribution in [3.05, 3.63) is 0 Å². The zero-order valence-electron chi connectivity index (χ0n) is 7.52. The van der Waals surface area contributed by atoms with Gasteiger partial charge in [0, 0.05) is 19.0 Å². The fraction of sp³-hybridized carbons (Fsp3) is 1.00. The Balaban J connectivity index is 3.23. The molecule has 0 heterocycles. The predicted molar refractivity (Wildman–Crippen MR) is 53.5 cm³/mol. The van der Waals surface area contributed by atoms with E-state index in [9.17, 15) is 0 Å². The molecule has 4 heteroatoms. The van der Waals surface area contributed by atoms with Gasteiger partial charge in [-0.3, -0.25) is 0 Å². The van der Waals surface area contributed by atoms with Crippen LogP contribution in [0.1, 0.15) is 12.8 Å². The lowest BCUT2D eigenvalue weighted by Crippen LogP contribution is -2.33. The van der Waals surface area contributed by atoms with Gasteiger partial charge >= 0.3 is 8.56 Å². The maximum absolute atomic E-state index is 5.58. The van der Waals surface area contributed by atoms with Crippen LogP contribution < -0.4 is 0 Å². The van der Waals surface area contributed by atoms with E-state index in [2.05, 4.69) is 29.0 Å². The second-order valence-corrected chi connectivity index (χ2v) is 7.14. The van der Waals surface area contributed by atoms with E-state index in [4.69, 9.17) is 8.85 Å². The van der Waals surface area contributed by atoms with Crippen molar-refractivity contribution in [1.29, 1.82) is 0 Å². The fourth-order valence-electron chi connectivity index (χ4n) is 0.573. The smallest absolute Gasteiger partial charge is 0.331 e. The molecule has 0 rings (SSSR count). The lowest BCUT2D eigenvalue weighted by atomic mass is 10.4. The first-order chi connectivity index (χ1) is 5.12. The molecule has 0 saturated heterocycles. The zero-order valence-corrected chi connectivity index (χ0v) is 10.1. The summed E-state index contributed by atoms with van der Waals surface area (Å²) in [7, 11) is -0.0236. The Morgan fingerprint density at radius 2 is 1.91 bits per heavy atom. The van der Waals surface area contributed by atoms with E-state index >= 15 is 0 Å². The van der Waals surface area contributed by atoms with Gasteiger partial charge in [-0.25, -0.2) is 0 Å². The number of hydrogen-bond donors (Lipinski definition) is 0. The topological polar surface area (TPSA) is 18.5 Å². The summed E-state index contributed by atoms with van der Waals surface area (Å²) in [6.45, 7) is 4.95. The molecule has 2 nitrogen and oxygen atoms in total. The van der Waals surface area contributed by atoms with Gasteiger partial charge in [-0.05, 0) is 25.9 Å². The molecule has 0 aliphatic rings. The third kappa shape index (κ3) is 6.99. The van der Waals surface area contributed by atoms with Crippen molar-refractivity contribution in [2.75, 3.05) is 19.0 Å². The Bertz CT molecular complexity index is 98.4. The fourth-order valence-corrected chi connectivity index (χ4v) is 1.72. The van der Waals surface area contributed by atoms with E-state index in [-0.39, 0.29) is 0 Å². The van der Waals surface area contributed by atoms with Crippen LogP contribution in [0, 0.1) is 0 Å². The van der Waals surface area contributed by atoms with Gasteiger partial charge in [0.2, 0.25) is 0 Å². The molecule has 0 radical (unpaired) electrons. The van der Waals surface area contributed by atoms with Crippen LogP contribution in [0.3, 0.4) is 0 Å². The van der Waals surface area contributed by atoms with E-state index in [1.807, 2.05) is 0 Å². The Kier molecular flexibility index (Phi) is 6.51. The predicted octanol–water partition coefficient (Wildman–Crippen LogP) is 2.53. The Hall–Kier alpha value is 0.617. The first-order valence-electron chi connectivity index (χ1n) is 3.87. The molecule has 0 spiro atoms. The molecule has 0 N–H and O–H groups in total. The number of unbranched alkanes of at least 4 members (excludes halogenated alkanes) is 1. The van der Waals surface area contributed by atoms with Crippen molar-refractivity contribution < 1.29 is 8.85 Å². The number of halogens is 1. The average molecular weight is 241 g/mol. The summed E-state index contributed by atoms with van der Waals surface area (Å²) in [5.74, 6) is 0. The van der Waals surface area contributed by atoms with E-state index in [0.29, 0.717) is 0 Å². The molecule has 0 saturated carbocycles. The minimum absolute atomic E-state index is 0.832. The molecule has 68 valence electrons. The summed E-state index contributed by atoms with van der Waals surface area (Å²) in [5, 5.41) is 1.06. The maximum atomic E-state index is 5.58. The van der Waals surface area contributed by atoms with Gasteiger partial charge in [-0.2, -0.15) is 0 Å². The van der Waals surface area contributed by atoms with Crippen LogP contribution in [-0.4, -0.2) is 27.6 Å². The highest BCUT2D eigenvalue weighted by Crippen LogP contribution is 2.05. The summed E-state index contributed by atoms with van der Waals surface area (Å²) >= 11 is 3.37. The molecule has 0 amide bonds. The quantitative estimate of drug-likeness (QED) is 0.404. The van der Waals surface area contributed by atoms with Crippen molar-refractivity contribution in [1.82, 2.24) is 0 Å². The third-order valence-corrected chi connectivity index (χ3v) is 3.91. The van der Waals surface area contributed by atoms with Crippen molar-refractivity contribution in [3.63, 3.8) is 0 Å². The van der Waals surface area contributed by atoms with E-state index in [1.54, 1.807) is 7.11 Å². The number of alkyl halides is 1. The molecule has 0 aromatic rings. The summed E-state index contributed by atoms with van der Waals surface area (Å²) in [6.07, 6.45) is 2.29. The lowest BCUT2D eigenvalue weighted by molar-refractivity contribution is 0.208. The molecule has 0 aliphatic carbocycles. The standard InChI is InChI=1S/C7H17BrO2Si/c1-9-11(2,3)10-7-5-4-6-8/h4-7H2,1-3H3. The summed E-state index contributed by atoms with van der Waals surface area (Å²) in [5.41, 5.74) is 0. The average Bonchev–Trinajstić information content (AvgIpc) is 1.99. The van der Waals surface area contributed by atoms with Crippen LogP contribution in [-0.2, 0) is 8.85 Å². The van der Waals surface area contributed by atoms with Gasteiger partial charge in [0.25, 0.3) is 0 Å². The molecule has 0 fully saturated rings. The lowest BCUT2D eigenvalue weighted by Gasteiger charge is -2.19. The number of hydrogen-bond acceptors (Lipinski definition) is 2. The number of rotatable bonds is 6. The van der Waals surface area contributed by atoms with E-state index in [0.717, 1.165) is 18.4 Å². The van der Waals surface area contributed by atoms with Crippen LogP contribution >= 0.6 is 15.9 Å². The van der Waals surface area contributed by atoms with Gasteiger partial charge in [-0.1, -0.05) is 15.9 Å². The zero-order chi connectivity index (χ0) is 8.74. The second kappa shape index (κ2) is 6.17. The highest BCUT2D eigenvalue weighted by atomic mass is 79.9. The van der Waals surface area contributed by atoms with E-state index < -0.39 is 8.56 Å². The molecule has 0 bridgehead atoms. The molecular weight excluding hydrogens is 224 g/mol. The van der Waals surface area contributed by atoms with Crippen LogP contribution in [0.5, 0.6) is 0 Å². The van der Waals surface area contributed by atoms with Gasteiger partial charge in [0.05, 0.1) is 0 Å². The summed E-state index contributed by atoms with van der Waals surface area (Å²) in [4.78, 5) is 0. The molecule has 0 atom stereocenters. The molecular formula is C7H17BrO2Si. The summed E-state index contributed by atoms with van der Waals surface area (Å²) in [6, 6.07) is 0. The van der Waals surface area contributed by atoms with Crippen molar-refractivity contribution in [2.45, 2.75) is 25.9 Å². The highest BCUT2D eigenvalue weighted by molar-refractivity contribution is 9.09. The third-order valence-electron chi connectivity index (χ3n) is 1.47. The largest absolute Gasteiger partial charge is 0.398 e. The van der Waals surface area contributed by atoms with Gasteiger partial charge in [0.15, 0.2) is 0 Å². The molecule has 0 aliphatic heterocycles. The van der Waals surface area contributed by atoms with Crippen LogP contribution in [0.25, 0.3) is 0 Å². The molecule has 0 unspecified atom stereocenters. The minimum atomic E-state index is -1.74. The van der Waals surface area contributed by atoms with Gasteiger partial charge in [-0.15, -0.1) is 0 Å². The maximum Gasteiger partial charge on any atom is 0.331 e. The van der Waals surface area contributed by atoms with Crippen LogP contribution in [0.15, 0.2) is 0 Å². The normalized spacial score (nSPS) is 12.0. The van der Waals surface area contributed by atoms with Crippen LogP contribution in [0.4, 0.5) is 0 Å². The van der Waals surface area contributed by atoms with E-state index in [1.165, 1.54) is 6.42 Å². The highest BCUT2D eigenvalue weighted by Gasteiger charge is 2.21. The SMILES string of the molecule is CO[Si](C)(C)OCCCCBr. The molecule has 11 heavy (non-hydrogen) atoms. The minimum Gasteiger partial charge on any atom is -0.398 e. The second-order valence-electron chi connectivity index (χ2n) is 2.85. The Labute approximate surface area is 78.7 Å². The Morgan fingerprint density at radius 1 is 1.27 bits per heavy atom.